The molecule has 0 saturated carbocycles. The highest BCUT2D eigenvalue weighted by Crippen LogP contribution is 1.48. The van der Waals surface area contributed by atoms with Crippen molar-refractivity contribution in [1.29, 1.82) is 0 Å². The van der Waals surface area contributed by atoms with Crippen LogP contribution in [0.15, 0.2) is 12.7 Å². The fourth-order valence-corrected chi connectivity index (χ4v) is 0.0408. The molecule has 0 bridgehead atoms. The summed E-state index contributed by atoms with van der Waals surface area (Å²) in [6, 6.07) is 0. The van der Waals surface area contributed by atoms with Gasteiger partial charge in [-0.3, -0.25) is 0 Å². The van der Waals surface area contributed by atoms with Crippen LogP contribution >= 0.6 is 0 Å². The SMILES string of the molecule is C=CC.OBOBO. The summed E-state index contributed by atoms with van der Waals surface area (Å²) in [5.74, 6) is 0. The van der Waals surface area contributed by atoms with Crippen molar-refractivity contribution in [3.8, 4) is 0 Å². The van der Waals surface area contributed by atoms with E-state index in [4.69, 9.17) is 10.0 Å². The second-order valence-electron chi connectivity index (χ2n) is 0.871. The van der Waals surface area contributed by atoms with E-state index in [-0.39, 0.29) is 0 Å². The van der Waals surface area contributed by atoms with Crippen LogP contribution in [0.1, 0.15) is 6.92 Å². The maximum absolute atomic E-state index is 7.68. The summed E-state index contributed by atoms with van der Waals surface area (Å²) in [5.41, 5.74) is 0. The van der Waals surface area contributed by atoms with Crippen molar-refractivity contribution in [3.05, 3.63) is 12.7 Å². The Morgan fingerprint density at radius 1 is 1.50 bits per heavy atom. The third-order valence-electron chi connectivity index (χ3n) is 0.183. The lowest BCUT2D eigenvalue weighted by Gasteiger charge is -1.80. The molecule has 0 aromatic rings. The molecule has 0 aromatic heterocycles. The number of rotatable bonds is 2. The number of hydrogen-bond donors (Lipinski definition) is 2. The molecule has 0 saturated heterocycles. The van der Waals surface area contributed by atoms with Gasteiger partial charge in [0.2, 0.25) is 0 Å². The summed E-state index contributed by atoms with van der Waals surface area (Å²) < 4.78 is 3.94. The third kappa shape index (κ3) is 42.4. The smallest absolute Gasteiger partial charge is 0.421 e. The van der Waals surface area contributed by atoms with E-state index in [9.17, 15) is 0 Å². The van der Waals surface area contributed by atoms with Crippen LogP contribution in [0.2, 0.25) is 0 Å². The van der Waals surface area contributed by atoms with E-state index in [2.05, 4.69) is 11.2 Å². The first-order chi connectivity index (χ1) is 3.83. The highest BCUT2D eigenvalue weighted by molar-refractivity contribution is 6.32. The average Bonchev–Trinajstić information content (AvgIpc) is 1.71. The highest BCUT2D eigenvalue weighted by atomic mass is 16.5. The Morgan fingerprint density at radius 2 is 1.75 bits per heavy atom. The molecule has 0 rings (SSSR count). The summed E-state index contributed by atoms with van der Waals surface area (Å²) >= 11 is 0. The fraction of sp³-hybridized carbons (Fsp3) is 0.333. The van der Waals surface area contributed by atoms with Crippen LogP contribution in [-0.2, 0) is 4.57 Å². The summed E-state index contributed by atoms with van der Waals surface area (Å²) in [6.07, 6.45) is 1.75. The molecule has 0 aromatic carbocycles. The van der Waals surface area contributed by atoms with Gasteiger partial charge in [-0.05, 0) is 6.92 Å². The molecule has 0 spiro atoms. The van der Waals surface area contributed by atoms with E-state index in [1.165, 1.54) is 0 Å². The van der Waals surface area contributed by atoms with Crippen molar-refractivity contribution in [2.75, 3.05) is 0 Å². The van der Waals surface area contributed by atoms with Gasteiger partial charge in [-0.15, -0.1) is 6.58 Å². The van der Waals surface area contributed by atoms with E-state index in [1.807, 2.05) is 6.92 Å². The maximum atomic E-state index is 7.68. The first-order valence-electron chi connectivity index (χ1n) is 2.20. The van der Waals surface area contributed by atoms with Crippen molar-refractivity contribution in [2.45, 2.75) is 6.92 Å². The second kappa shape index (κ2) is 15.9. The quantitative estimate of drug-likeness (QED) is 0.348. The number of hydrogen-bond acceptors (Lipinski definition) is 3. The monoisotopic (exact) mass is 116 g/mol. The molecule has 0 aliphatic carbocycles. The Morgan fingerprint density at radius 3 is 1.75 bits per heavy atom. The molecule has 3 nitrogen and oxygen atoms in total. The van der Waals surface area contributed by atoms with E-state index < -0.39 is 15.4 Å². The molecule has 5 heteroatoms. The minimum absolute atomic E-state index is 0.406. The lowest BCUT2D eigenvalue weighted by Crippen LogP contribution is -2.00. The van der Waals surface area contributed by atoms with Gasteiger partial charge < -0.3 is 14.6 Å². The third-order valence-corrected chi connectivity index (χ3v) is 0.183. The summed E-state index contributed by atoms with van der Waals surface area (Å²) in [4.78, 5) is 0. The van der Waals surface area contributed by atoms with Gasteiger partial charge in [0, 0.05) is 0 Å². The van der Waals surface area contributed by atoms with Crippen LogP contribution in [0, 0.1) is 0 Å². The second-order valence-corrected chi connectivity index (χ2v) is 0.871. The minimum Gasteiger partial charge on any atom is -0.457 e. The van der Waals surface area contributed by atoms with Crippen LogP contribution < -0.4 is 0 Å². The van der Waals surface area contributed by atoms with Crippen molar-refractivity contribution in [3.63, 3.8) is 0 Å². The predicted octanol–water partition coefficient (Wildman–Crippen LogP) is -1.29. The fourth-order valence-electron chi connectivity index (χ4n) is 0.0408. The molecule has 0 atom stereocenters. The summed E-state index contributed by atoms with van der Waals surface area (Å²) in [6.45, 7) is 5.25. The molecule has 0 heterocycles. The normalized spacial score (nSPS) is 5.88. The van der Waals surface area contributed by atoms with E-state index >= 15 is 0 Å². The average molecular weight is 116 g/mol. The Hall–Kier alpha value is -0.250. The molecule has 0 aliphatic rings. The standard InChI is InChI=1S/C3H6.B2H4O3/c1-3-2;3-1-5-2-4/h3H,1H2,2H3;1-4H. The van der Waals surface area contributed by atoms with Crippen molar-refractivity contribution in [2.24, 2.45) is 0 Å². The highest BCUT2D eigenvalue weighted by Gasteiger charge is 1.77. The lowest BCUT2D eigenvalue weighted by molar-refractivity contribution is 0.408. The first kappa shape index (κ1) is 10.7. The van der Waals surface area contributed by atoms with Gasteiger partial charge in [0.05, 0.1) is 0 Å². The largest absolute Gasteiger partial charge is 0.457 e. The van der Waals surface area contributed by atoms with Gasteiger partial charge in [-0.2, -0.15) is 0 Å². The molecule has 8 heavy (non-hydrogen) atoms. The predicted molar refractivity (Wildman–Crippen MR) is 35.7 cm³/mol. The molecule has 0 radical (unpaired) electrons. The zero-order valence-corrected chi connectivity index (χ0v) is 5.00. The van der Waals surface area contributed by atoms with E-state index in [0.717, 1.165) is 0 Å². The molecule has 0 amide bonds. The summed E-state index contributed by atoms with van der Waals surface area (Å²) in [5, 5.41) is 15.4. The zero-order chi connectivity index (χ0) is 6.83. The van der Waals surface area contributed by atoms with E-state index in [0.29, 0.717) is 0 Å². The van der Waals surface area contributed by atoms with Gasteiger partial charge >= 0.3 is 15.4 Å². The molecule has 46 valence electrons. The molecule has 0 aliphatic heterocycles. The molecule has 2 N–H and O–H groups in total. The summed E-state index contributed by atoms with van der Waals surface area (Å²) in [7, 11) is -0.812. The van der Waals surface area contributed by atoms with Crippen molar-refractivity contribution in [1.82, 2.24) is 0 Å². The molecular formula is C3H10B2O3. The maximum Gasteiger partial charge on any atom is 0.421 e. The Balaban J connectivity index is 0. The number of allylic oxidation sites excluding steroid dienone is 1. The van der Waals surface area contributed by atoms with Crippen LogP contribution in [-0.4, -0.2) is 25.4 Å². The van der Waals surface area contributed by atoms with E-state index in [1.54, 1.807) is 6.08 Å². The van der Waals surface area contributed by atoms with Gasteiger partial charge in [-0.25, -0.2) is 0 Å². The van der Waals surface area contributed by atoms with Crippen LogP contribution in [0.25, 0.3) is 0 Å². The topological polar surface area (TPSA) is 49.7 Å². The Bertz CT molecular complexity index is 39.5. The van der Waals surface area contributed by atoms with Crippen molar-refractivity contribution >= 4 is 15.4 Å². The first-order valence-corrected chi connectivity index (χ1v) is 2.20. The Labute approximate surface area is 50.6 Å². The lowest BCUT2D eigenvalue weighted by atomic mass is 10.3. The van der Waals surface area contributed by atoms with Gasteiger partial charge in [0.15, 0.2) is 0 Å². The van der Waals surface area contributed by atoms with Gasteiger partial charge in [0.25, 0.3) is 0 Å². The molecule has 0 fully saturated rings. The van der Waals surface area contributed by atoms with Crippen LogP contribution in [0.5, 0.6) is 0 Å². The van der Waals surface area contributed by atoms with Crippen molar-refractivity contribution < 1.29 is 14.6 Å². The van der Waals surface area contributed by atoms with Crippen LogP contribution in [0.3, 0.4) is 0 Å². The van der Waals surface area contributed by atoms with Crippen LogP contribution in [0.4, 0.5) is 0 Å². The molecular weight excluding hydrogens is 106 g/mol. The minimum atomic E-state index is -0.406. The molecule has 0 unspecified atom stereocenters. The van der Waals surface area contributed by atoms with Gasteiger partial charge in [-0.1, -0.05) is 6.08 Å². The Kier molecular flexibility index (Phi) is 21.2. The zero-order valence-electron chi connectivity index (χ0n) is 5.00. The van der Waals surface area contributed by atoms with Gasteiger partial charge in [0.1, 0.15) is 0 Å².